The van der Waals surface area contributed by atoms with E-state index in [1.807, 2.05) is 6.07 Å². The molecule has 1 fully saturated rings. The van der Waals surface area contributed by atoms with Gasteiger partial charge in [-0.1, -0.05) is 55.0 Å². The summed E-state index contributed by atoms with van der Waals surface area (Å²) >= 11 is 0. The van der Waals surface area contributed by atoms with E-state index in [4.69, 9.17) is 4.74 Å². The van der Waals surface area contributed by atoms with Crippen LogP contribution in [0, 0.1) is 0 Å². The van der Waals surface area contributed by atoms with Gasteiger partial charge < -0.3 is 15.1 Å². The van der Waals surface area contributed by atoms with Crippen molar-refractivity contribution in [3.8, 4) is 11.5 Å². The number of nitrogens with zero attached hydrogens (tertiary/aromatic N) is 2. The number of anilines is 5. The Hall–Kier alpha value is -3.96. The first-order valence-corrected chi connectivity index (χ1v) is 12.0. The minimum absolute atomic E-state index is 0.393. The van der Waals surface area contributed by atoms with Crippen LogP contribution in [0.4, 0.5) is 28.4 Å². The Morgan fingerprint density at radius 2 is 1.32 bits per heavy atom. The maximum absolute atomic E-state index is 6.25. The summed E-state index contributed by atoms with van der Waals surface area (Å²) in [5.41, 5.74) is 13.6. The lowest BCUT2D eigenvalue weighted by atomic mass is 9.91. The lowest BCUT2D eigenvalue weighted by Crippen LogP contribution is -2.35. The molecule has 0 saturated heterocycles. The van der Waals surface area contributed by atoms with Crippen molar-refractivity contribution in [2.75, 3.05) is 15.3 Å². The quantitative estimate of drug-likeness (QED) is 0.347. The fourth-order valence-corrected chi connectivity index (χ4v) is 5.75. The topological polar surface area (TPSA) is 39.8 Å². The molecule has 0 radical (unpaired) electrons. The van der Waals surface area contributed by atoms with Gasteiger partial charge in [-0.25, -0.2) is 0 Å². The van der Waals surface area contributed by atoms with Gasteiger partial charge in [-0.2, -0.15) is 0 Å². The van der Waals surface area contributed by atoms with Crippen molar-refractivity contribution < 1.29 is 4.74 Å². The Labute approximate surface area is 199 Å². The van der Waals surface area contributed by atoms with Gasteiger partial charge in [-0.15, -0.1) is 5.53 Å². The highest BCUT2D eigenvalue weighted by Crippen LogP contribution is 2.52. The van der Waals surface area contributed by atoms with E-state index in [1.165, 1.54) is 36.2 Å². The van der Waals surface area contributed by atoms with Crippen LogP contribution in [0.1, 0.15) is 30.7 Å². The molecule has 0 bridgehead atoms. The largest absolute Gasteiger partial charge is 0.453 e. The number of hydrogen-bond donors (Lipinski definition) is 2. The molecule has 2 atom stereocenters. The summed E-state index contributed by atoms with van der Waals surface area (Å²) in [4.78, 5) is 2.53. The van der Waals surface area contributed by atoms with Crippen LogP contribution in [0.3, 0.4) is 0 Å². The molecule has 2 heterocycles. The summed E-state index contributed by atoms with van der Waals surface area (Å²) in [6.45, 7) is 0. The van der Waals surface area contributed by atoms with Crippen LogP contribution in [0.5, 0.6) is 11.5 Å². The second-order valence-electron chi connectivity index (χ2n) is 9.19. The van der Waals surface area contributed by atoms with Gasteiger partial charge in [-0.3, -0.25) is 5.01 Å². The summed E-state index contributed by atoms with van der Waals surface area (Å²) < 4.78 is 6.25. The smallest absolute Gasteiger partial charge is 0.151 e. The molecule has 5 nitrogen and oxygen atoms in total. The first-order valence-electron chi connectivity index (χ1n) is 12.0. The van der Waals surface area contributed by atoms with Gasteiger partial charge in [0.2, 0.25) is 0 Å². The molecule has 0 spiro atoms. The van der Waals surface area contributed by atoms with Gasteiger partial charge in [-0.05, 0) is 66.9 Å². The molecule has 0 aromatic heterocycles. The minimum Gasteiger partial charge on any atom is -0.453 e. The Morgan fingerprint density at radius 1 is 0.676 bits per heavy atom. The van der Waals surface area contributed by atoms with Crippen LogP contribution in [0.25, 0.3) is 0 Å². The second-order valence-corrected chi connectivity index (χ2v) is 9.19. The van der Waals surface area contributed by atoms with Gasteiger partial charge in [0.1, 0.15) is 0 Å². The Kier molecular flexibility index (Phi) is 4.49. The molecule has 2 unspecified atom stereocenters. The monoisotopic (exact) mass is 446 g/mol. The average molecular weight is 447 g/mol. The Morgan fingerprint density at radius 3 is 2.06 bits per heavy atom. The van der Waals surface area contributed by atoms with E-state index < -0.39 is 0 Å². The van der Waals surface area contributed by atoms with Crippen molar-refractivity contribution >= 4 is 28.4 Å². The molecule has 2 N–H and O–H groups in total. The molecule has 2 aliphatic heterocycles. The number of para-hydroxylation sites is 6. The predicted molar refractivity (Wildman–Crippen MR) is 137 cm³/mol. The molecule has 7 rings (SSSR count). The summed E-state index contributed by atoms with van der Waals surface area (Å²) in [6, 6.07) is 34.6. The van der Waals surface area contributed by atoms with Crippen LogP contribution in [0.2, 0.25) is 0 Å². The number of hydrogen-bond acceptors (Lipinski definition) is 5. The molecule has 168 valence electrons. The van der Waals surface area contributed by atoms with Gasteiger partial charge in [0.25, 0.3) is 0 Å². The second kappa shape index (κ2) is 7.82. The third-order valence-electron chi connectivity index (χ3n) is 7.31. The molecule has 3 aliphatic rings. The lowest BCUT2D eigenvalue weighted by molar-refractivity contribution is 0.461. The van der Waals surface area contributed by atoms with Crippen molar-refractivity contribution in [3.05, 3.63) is 103 Å². The number of hydrazine groups is 2. The molecular weight excluding hydrogens is 420 g/mol. The zero-order valence-corrected chi connectivity index (χ0v) is 18.8. The Bertz CT molecular complexity index is 1310. The molecule has 5 heteroatoms. The molecule has 0 amide bonds. The third kappa shape index (κ3) is 3.05. The number of benzene rings is 4. The number of fused-ring (bicyclic) bond motifs is 3. The van der Waals surface area contributed by atoms with E-state index in [2.05, 4.69) is 112 Å². The van der Waals surface area contributed by atoms with Crippen LogP contribution in [-0.4, -0.2) is 6.04 Å². The Balaban J connectivity index is 1.23. The van der Waals surface area contributed by atoms with Crippen molar-refractivity contribution in [2.24, 2.45) is 0 Å². The highest BCUT2D eigenvalue weighted by atomic mass is 16.5. The zero-order chi connectivity index (χ0) is 22.5. The molecule has 4 aromatic rings. The van der Waals surface area contributed by atoms with E-state index in [0.29, 0.717) is 12.0 Å². The van der Waals surface area contributed by atoms with Crippen LogP contribution in [-0.2, 0) is 0 Å². The number of ether oxygens (including phenoxy) is 1. The van der Waals surface area contributed by atoms with Crippen molar-refractivity contribution in [2.45, 2.75) is 31.2 Å². The predicted octanol–water partition coefficient (Wildman–Crippen LogP) is 7.25. The van der Waals surface area contributed by atoms with E-state index in [-0.39, 0.29) is 0 Å². The van der Waals surface area contributed by atoms with Gasteiger partial charge >= 0.3 is 0 Å². The summed E-state index contributed by atoms with van der Waals surface area (Å²) in [7, 11) is 0. The highest BCUT2D eigenvalue weighted by molar-refractivity contribution is 5.80. The average Bonchev–Trinajstić information content (AvgIpc) is 3.55. The zero-order valence-electron chi connectivity index (χ0n) is 18.8. The SMILES string of the molecule is c1ccc2c(c1)NNN2c1ccc(C2CCCC2N2c3ccccc3Oc3ccccc32)cc1. The molecule has 34 heavy (non-hydrogen) atoms. The van der Waals surface area contributed by atoms with Crippen molar-refractivity contribution in [1.82, 2.24) is 5.53 Å². The first kappa shape index (κ1) is 19.5. The van der Waals surface area contributed by atoms with Crippen molar-refractivity contribution in [1.29, 1.82) is 0 Å². The summed E-state index contributed by atoms with van der Waals surface area (Å²) in [6.07, 6.45) is 3.59. The fraction of sp³-hybridized carbons (Fsp3) is 0.172. The van der Waals surface area contributed by atoms with Crippen LogP contribution >= 0.6 is 0 Å². The lowest BCUT2D eigenvalue weighted by Gasteiger charge is -2.39. The molecule has 1 aliphatic carbocycles. The normalized spacial score (nSPS) is 20.2. The molecule has 1 saturated carbocycles. The van der Waals surface area contributed by atoms with Gasteiger partial charge in [0.05, 0.1) is 28.4 Å². The van der Waals surface area contributed by atoms with Crippen molar-refractivity contribution in [3.63, 3.8) is 0 Å². The van der Waals surface area contributed by atoms with E-state index in [0.717, 1.165) is 28.6 Å². The number of rotatable bonds is 3. The fourth-order valence-electron chi connectivity index (χ4n) is 5.75. The van der Waals surface area contributed by atoms with Crippen LogP contribution in [0.15, 0.2) is 97.1 Å². The van der Waals surface area contributed by atoms with E-state index in [9.17, 15) is 0 Å². The highest BCUT2D eigenvalue weighted by Gasteiger charge is 2.38. The van der Waals surface area contributed by atoms with Gasteiger partial charge in [0.15, 0.2) is 11.5 Å². The van der Waals surface area contributed by atoms with E-state index >= 15 is 0 Å². The van der Waals surface area contributed by atoms with E-state index in [1.54, 1.807) is 0 Å². The van der Waals surface area contributed by atoms with Gasteiger partial charge in [0, 0.05) is 12.0 Å². The summed E-state index contributed by atoms with van der Waals surface area (Å²) in [5, 5.41) is 2.10. The maximum atomic E-state index is 6.25. The maximum Gasteiger partial charge on any atom is 0.151 e. The van der Waals surface area contributed by atoms with Crippen LogP contribution < -0.4 is 25.6 Å². The summed E-state index contributed by atoms with van der Waals surface area (Å²) in [5.74, 6) is 2.34. The molecule has 4 aromatic carbocycles. The number of nitrogens with one attached hydrogen (secondary N) is 2. The third-order valence-corrected chi connectivity index (χ3v) is 7.31. The molecular formula is C29H26N4O. The standard InChI is InChI=1S/C29H26N4O/c1-2-10-25-23(9-1)30-31-33(25)21-18-16-20(17-19-21)22-8-7-13-24(22)32-26-11-3-5-14-28(26)34-29-15-6-4-12-27(29)32/h1-6,9-12,14-19,22,24,30-31H,7-8,13H2. The first-order chi connectivity index (χ1) is 16.9. The minimum atomic E-state index is 0.393.